The van der Waals surface area contributed by atoms with Gasteiger partial charge in [-0.3, -0.25) is 9.59 Å². The number of rotatable bonds is 2. The highest BCUT2D eigenvalue weighted by molar-refractivity contribution is 5.89. The molecule has 9 heteroatoms. The summed E-state index contributed by atoms with van der Waals surface area (Å²) >= 11 is 0. The Bertz CT molecular complexity index is 744. The molecule has 1 aromatic rings. The fourth-order valence-corrected chi connectivity index (χ4v) is 5.71. The van der Waals surface area contributed by atoms with E-state index in [0.717, 1.165) is 51.3 Å². The molecule has 5 heterocycles. The molecular weight excluding hydrogens is 425 g/mol. The van der Waals surface area contributed by atoms with Gasteiger partial charge in [-0.1, -0.05) is 6.07 Å². The predicted octanol–water partition coefficient (Wildman–Crippen LogP) is 1.56. The molecule has 1 N–H and O–H groups in total. The van der Waals surface area contributed by atoms with Crippen LogP contribution in [-0.4, -0.2) is 78.0 Å². The summed E-state index contributed by atoms with van der Waals surface area (Å²) in [6.45, 7) is 4.80. The van der Waals surface area contributed by atoms with E-state index < -0.39 is 0 Å². The van der Waals surface area contributed by atoms with Gasteiger partial charge in [-0.25, -0.2) is 4.98 Å². The number of pyridine rings is 1. The van der Waals surface area contributed by atoms with Crippen LogP contribution in [0.15, 0.2) is 24.4 Å². The minimum absolute atomic E-state index is 0. The minimum Gasteiger partial charge on any atom is -0.353 e. The Morgan fingerprint density at radius 1 is 1.07 bits per heavy atom. The van der Waals surface area contributed by atoms with Crippen molar-refractivity contribution >= 4 is 42.4 Å². The third-order valence-corrected chi connectivity index (χ3v) is 7.06. The van der Waals surface area contributed by atoms with Crippen LogP contribution in [0.3, 0.4) is 0 Å². The average Bonchev–Trinajstić information content (AvgIpc) is 2.75. The molecule has 2 bridgehead atoms. The summed E-state index contributed by atoms with van der Waals surface area (Å²) in [6, 6.07) is 5.90. The highest BCUT2D eigenvalue weighted by atomic mass is 35.5. The molecule has 166 valence electrons. The molecule has 4 aliphatic heterocycles. The minimum atomic E-state index is -0.275. The Balaban J connectivity index is 0.00000128. The Morgan fingerprint density at radius 2 is 1.83 bits per heavy atom. The number of halogens is 2. The number of hydrogen-bond donors (Lipinski definition) is 1. The van der Waals surface area contributed by atoms with Gasteiger partial charge in [0, 0.05) is 57.3 Å². The lowest BCUT2D eigenvalue weighted by Crippen LogP contribution is -2.69. The van der Waals surface area contributed by atoms with E-state index in [2.05, 4.69) is 15.2 Å². The summed E-state index contributed by atoms with van der Waals surface area (Å²) in [7, 11) is 0. The molecule has 4 atom stereocenters. The number of piperazine rings is 1. The highest BCUT2D eigenvalue weighted by Crippen LogP contribution is 2.40. The standard InChI is InChI=1S/C21H29N5O2.2ClH/c27-19-6-3-4-17-15-12-16(14-22-13-15)20(26(17)19)21(28)25-10-8-24(9-11-25)18-5-1-2-7-23-18;;/h1-2,5,7,15-17,20,22H,3-4,6,8-14H2;2*1H/t15-,16+,17+,20-;;/m1../s1. The van der Waals surface area contributed by atoms with E-state index in [1.807, 2.05) is 34.2 Å². The van der Waals surface area contributed by atoms with E-state index in [9.17, 15) is 9.59 Å². The maximum absolute atomic E-state index is 13.6. The second kappa shape index (κ2) is 9.71. The maximum atomic E-state index is 13.6. The summed E-state index contributed by atoms with van der Waals surface area (Å²) in [4.78, 5) is 37.0. The van der Waals surface area contributed by atoms with Crippen LogP contribution in [0.25, 0.3) is 0 Å². The zero-order chi connectivity index (χ0) is 19.1. The number of nitrogens with zero attached hydrogens (tertiary/aromatic N) is 4. The van der Waals surface area contributed by atoms with Crippen LogP contribution in [0.2, 0.25) is 0 Å². The number of anilines is 1. The average molecular weight is 456 g/mol. The van der Waals surface area contributed by atoms with Gasteiger partial charge < -0.3 is 20.0 Å². The molecule has 0 spiro atoms. The predicted molar refractivity (Wildman–Crippen MR) is 120 cm³/mol. The van der Waals surface area contributed by atoms with Crippen molar-refractivity contribution in [3.05, 3.63) is 24.4 Å². The SMILES string of the molecule is Cl.Cl.O=C([C@H]1[C@@H]2CNC[C@@H](C2)[C@@H]2CCCC(=O)N21)N1CCN(c2ccccn2)CC1. The summed E-state index contributed by atoms with van der Waals surface area (Å²) in [5, 5.41) is 3.53. The van der Waals surface area contributed by atoms with E-state index in [1.54, 1.807) is 0 Å². The topological polar surface area (TPSA) is 68.8 Å². The van der Waals surface area contributed by atoms with Crippen LogP contribution in [-0.2, 0) is 9.59 Å². The number of aromatic nitrogens is 1. The molecule has 30 heavy (non-hydrogen) atoms. The van der Waals surface area contributed by atoms with Crippen molar-refractivity contribution in [1.29, 1.82) is 0 Å². The monoisotopic (exact) mass is 455 g/mol. The number of amides is 2. The molecule has 0 unspecified atom stereocenters. The molecule has 2 amide bonds. The second-order valence-electron chi connectivity index (χ2n) is 8.62. The van der Waals surface area contributed by atoms with Gasteiger partial charge in [0.05, 0.1) is 0 Å². The highest BCUT2D eigenvalue weighted by Gasteiger charge is 2.51. The fraction of sp³-hybridized carbons (Fsp3) is 0.667. The number of carbonyl (C=O) groups excluding carboxylic acids is 2. The molecule has 5 rings (SSSR count). The number of fused-ring (bicyclic) bond motifs is 4. The first-order valence-corrected chi connectivity index (χ1v) is 10.7. The van der Waals surface area contributed by atoms with Gasteiger partial charge in [0.1, 0.15) is 11.9 Å². The molecule has 4 fully saturated rings. The van der Waals surface area contributed by atoms with E-state index in [1.165, 1.54) is 0 Å². The van der Waals surface area contributed by atoms with Gasteiger partial charge in [-0.05, 0) is 43.9 Å². The summed E-state index contributed by atoms with van der Waals surface area (Å²) in [5.74, 6) is 2.08. The number of carbonyl (C=O) groups is 2. The molecule has 1 aromatic heterocycles. The van der Waals surface area contributed by atoms with E-state index in [4.69, 9.17) is 0 Å². The molecule has 4 aliphatic rings. The van der Waals surface area contributed by atoms with E-state index >= 15 is 0 Å². The van der Waals surface area contributed by atoms with Crippen LogP contribution < -0.4 is 10.2 Å². The van der Waals surface area contributed by atoms with Crippen molar-refractivity contribution in [2.24, 2.45) is 11.8 Å². The molecule has 0 saturated carbocycles. The fourth-order valence-electron chi connectivity index (χ4n) is 5.71. The van der Waals surface area contributed by atoms with Gasteiger partial charge in [-0.15, -0.1) is 24.8 Å². The zero-order valence-corrected chi connectivity index (χ0v) is 18.7. The van der Waals surface area contributed by atoms with Crippen LogP contribution >= 0.6 is 24.8 Å². The first-order valence-electron chi connectivity index (χ1n) is 10.7. The first-order chi connectivity index (χ1) is 13.7. The third kappa shape index (κ3) is 4.12. The molecule has 0 aliphatic carbocycles. The van der Waals surface area contributed by atoms with Crippen molar-refractivity contribution in [2.45, 2.75) is 37.8 Å². The molecular formula is C21H31Cl2N5O2. The van der Waals surface area contributed by atoms with Crippen LogP contribution in [0.1, 0.15) is 25.7 Å². The van der Waals surface area contributed by atoms with E-state index in [-0.39, 0.29) is 54.6 Å². The van der Waals surface area contributed by atoms with Gasteiger partial charge in [0.2, 0.25) is 11.8 Å². The summed E-state index contributed by atoms with van der Waals surface area (Å²) < 4.78 is 0. The van der Waals surface area contributed by atoms with Crippen molar-refractivity contribution in [2.75, 3.05) is 44.2 Å². The van der Waals surface area contributed by atoms with Crippen molar-refractivity contribution in [3.8, 4) is 0 Å². The zero-order valence-electron chi connectivity index (χ0n) is 17.1. The number of piperidine rings is 3. The Labute approximate surface area is 190 Å². The lowest BCUT2D eigenvalue weighted by Gasteiger charge is -2.54. The first kappa shape index (κ1) is 23.1. The van der Waals surface area contributed by atoms with Gasteiger partial charge in [0.15, 0.2) is 0 Å². The lowest BCUT2D eigenvalue weighted by atomic mass is 9.72. The normalized spacial score (nSPS) is 30.7. The van der Waals surface area contributed by atoms with Crippen molar-refractivity contribution in [3.63, 3.8) is 0 Å². The van der Waals surface area contributed by atoms with Gasteiger partial charge in [-0.2, -0.15) is 0 Å². The Morgan fingerprint density at radius 3 is 2.57 bits per heavy atom. The number of nitrogens with one attached hydrogen (secondary N) is 1. The third-order valence-electron chi connectivity index (χ3n) is 7.06. The molecule has 0 radical (unpaired) electrons. The van der Waals surface area contributed by atoms with Crippen LogP contribution in [0.4, 0.5) is 5.82 Å². The lowest BCUT2D eigenvalue weighted by molar-refractivity contribution is -0.162. The van der Waals surface area contributed by atoms with Crippen molar-refractivity contribution in [1.82, 2.24) is 20.1 Å². The van der Waals surface area contributed by atoms with Crippen LogP contribution in [0.5, 0.6) is 0 Å². The Hall–Kier alpha value is -1.57. The number of hydrogen-bond acceptors (Lipinski definition) is 5. The Kier molecular flexibility index (Phi) is 7.47. The van der Waals surface area contributed by atoms with Crippen molar-refractivity contribution < 1.29 is 9.59 Å². The smallest absolute Gasteiger partial charge is 0.245 e. The molecule has 4 saturated heterocycles. The summed E-state index contributed by atoms with van der Waals surface area (Å²) in [6.07, 6.45) is 5.49. The van der Waals surface area contributed by atoms with Crippen LogP contribution in [0, 0.1) is 11.8 Å². The largest absolute Gasteiger partial charge is 0.353 e. The maximum Gasteiger partial charge on any atom is 0.245 e. The molecule has 0 aromatic carbocycles. The second-order valence-corrected chi connectivity index (χ2v) is 8.62. The van der Waals surface area contributed by atoms with Gasteiger partial charge in [0.25, 0.3) is 0 Å². The molecule has 7 nitrogen and oxygen atoms in total. The van der Waals surface area contributed by atoms with E-state index in [0.29, 0.717) is 25.4 Å². The van der Waals surface area contributed by atoms with Gasteiger partial charge >= 0.3 is 0 Å². The quantitative estimate of drug-likeness (QED) is 0.732. The summed E-state index contributed by atoms with van der Waals surface area (Å²) in [5.41, 5.74) is 0.